The minimum absolute atomic E-state index is 0.499. The molecule has 2 heterocycles. The number of fused-ring (bicyclic) bond motifs is 1. The van der Waals surface area contributed by atoms with Crippen molar-refractivity contribution in [3.63, 3.8) is 0 Å². The Hall–Kier alpha value is -1.82. The van der Waals surface area contributed by atoms with Gasteiger partial charge in [0, 0.05) is 16.9 Å². The fourth-order valence-electron chi connectivity index (χ4n) is 1.67. The normalized spacial score (nSPS) is 11.1. The van der Waals surface area contributed by atoms with Crippen molar-refractivity contribution in [3.8, 4) is 0 Å². The van der Waals surface area contributed by atoms with Crippen LogP contribution in [0.5, 0.6) is 0 Å². The maximum Gasteiger partial charge on any atom is 0.217 e. The van der Waals surface area contributed by atoms with Gasteiger partial charge < -0.3 is 10.2 Å². The monoisotopic (exact) mass is 292 g/mol. The number of nitrogen functional groups attached to an aromatic ring is 1. The van der Waals surface area contributed by atoms with Crippen LogP contribution in [0.15, 0.2) is 39.5 Å². The molecular formula is C11H9BrN4O. The highest BCUT2D eigenvalue weighted by atomic mass is 79.9. The van der Waals surface area contributed by atoms with E-state index >= 15 is 0 Å². The van der Waals surface area contributed by atoms with Gasteiger partial charge >= 0.3 is 0 Å². The summed E-state index contributed by atoms with van der Waals surface area (Å²) in [6.45, 7) is 0.499. The van der Waals surface area contributed by atoms with Gasteiger partial charge in [0.15, 0.2) is 5.58 Å². The Morgan fingerprint density at radius 3 is 3.06 bits per heavy atom. The van der Waals surface area contributed by atoms with Crippen LogP contribution in [0.1, 0.15) is 5.89 Å². The number of nitrogens with zero attached hydrogens (tertiary/aromatic N) is 3. The molecular weight excluding hydrogens is 284 g/mol. The molecule has 0 aliphatic heterocycles. The molecule has 2 N–H and O–H groups in total. The predicted molar refractivity (Wildman–Crippen MR) is 67.5 cm³/mol. The molecule has 17 heavy (non-hydrogen) atoms. The van der Waals surface area contributed by atoms with Crippen molar-refractivity contribution < 1.29 is 4.42 Å². The minimum Gasteiger partial charge on any atom is -0.436 e. The minimum atomic E-state index is 0.499. The maximum absolute atomic E-state index is 5.86. The van der Waals surface area contributed by atoms with E-state index in [4.69, 9.17) is 10.2 Å². The average Bonchev–Trinajstić information content (AvgIpc) is 2.87. The predicted octanol–water partition coefficient (Wildman–Crippen LogP) is 2.42. The van der Waals surface area contributed by atoms with Gasteiger partial charge in [0.05, 0.1) is 5.69 Å². The average molecular weight is 293 g/mol. The molecule has 0 aliphatic rings. The largest absolute Gasteiger partial charge is 0.436 e. The molecule has 0 saturated heterocycles. The molecule has 0 spiro atoms. The highest BCUT2D eigenvalue weighted by Gasteiger charge is 2.10. The van der Waals surface area contributed by atoms with Crippen molar-refractivity contribution in [1.82, 2.24) is 14.8 Å². The summed E-state index contributed by atoms with van der Waals surface area (Å²) in [5.74, 6) is 0.591. The number of nitrogens with two attached hydrogens (primary N) is 1. The second kappa shape index (κ2) is 3.89. The first-order valence-corrected chi connectivity index (χ1v) is 5.83. The molecule has 2 aromatic heterocycles. The Balaban J connectivity index is 2.05. The second-order valence-corrected chi connectivity index (χ2v) is 4.57. The molecule has 0 bridgehead atoms. The summed E-state index contributed by atoms with van der Waals surface area (Å²) in [6, 6.07) is 5.53. The third kappa shape index (κ3) is 1.91. The third-order valence-electron chi connectivity index (χ3n) is 2.38. The van der Waals surface area contributed by atoms with Gasteiger partial charge in [0.1, 0.15) is 12.1 Å². The van der Waals surface area contributed by atoms with Crippen LogP contribution >= 0.6 is 15.9 Å². The molecule has 0 atom stereocenters. The molecule has 5 nitrogen and oxygen atoms in total. The third-order valence-corrected chi connectivity index (χ3v) is 2.84. The maximum atomic E-state index is 5.86. The van der Waals surface area contributed by atoms with Gasteiger partial charge in [-0.3, -0.25) is 4.68 Å². The number of benzene rings is 1. The summed E-state index contributed by atoms with van der Waals surface area (Å²) in [4.78, 5) is 4.37. The van der Waals surface area contributed by atoms with Gasteiger partial charge in [-0.2, -0.15) is 5.10 Å². The number of hydrogen-bond acceptors (Lipinski definition) is 4. The van der Waals surface area contributed by atoms with Gasteiger partial charge in [0.2, 0.25) is 5.89 Å². The Kier molecular flexibility index (Phi) is 2.36. The number of oxazole rings is 1. The molecule has 0 aliphatic carbocycles. The molecule has 0 amide bonds. The zero-order valence-electron chi connectivity index (χ0n) is 8.80. The number of rotatable bonds is 2. The number of aromatic nitrogens is 3. The summed E-state index contributed by atoms with van der Waals surface area (Å²) in [7, 11) is 0. The van der Waals surface area contributed by atoms with Crippen LogP contribution in [0.3, 0.4) is 0 Å². The topological polar surface area (TPSA) is 69.9 Å². The van der Waals surface area contributed by atoms with Crippen LogP contribution in [0.4, 0.5) is 5.69 Å². The standard InChI is InChI=1S/C11H9BrN4O/c12-7-4-8(13)11-9(5-7)15-10(17-11)6-16-3-1-2-14-16/h1-5H,6,13H2. The van der Waals surface area contributed by atoms with E-state index in [0.29, 0.717) is 23.7 Å². The van der Waals surface area contributed by atoms with Gasteiger partial charge in [0.25, 0.3) is 0 Å². The number of halogens is 1. The lowest BCUT2D eigenvalue weighted by molar-refractivity contribution is 0.492. The van der Waals surface area contributed by atoms with Crippen LogP contribution in [0.25, 0.3) is 11.1 Å². The van der Waals surface area contributed by atoms with Crippen molar-refractivity contribution in [2.75, 3.05) is 5.73 Å². The quantitative estimate of drug-likeness (QED) is 0.737. The van der Waals surface area contributed by atoms with Crippen LogP contribution in [0, 0.1) is 0 Å². The summed E-state index contributed by atoms with van der Waals surface area (Å²) < 4.78 is 8.25. The van der Waals surface area contributed by atoms with Crippen LogP contribution in [-0.4, -0.2) is 14.8 Å². The molecule has 3 aromatic rings. The highest BCUT2D eigenvalue weighted by Crippen LogP contribution is 2.26. The van der Waals surface area contributed by atoms with Gasteiger partial charge in [-0.25, -0.2) is 4.98 Å². The van der Waals surface area contributed by atoms with E-state index in [1.54, 1.807) is 16.9 Å². The van der Waals surface area contributed by atoms with Crippen molar-refractivity contribution in [3.05, 3.63) is 41.0 Å². The van der Waals surface area contributed by atoms with Crippen molar-refractivity contribution >= 4 is 32.7 Å². The SMILES string of the molecule is Nc1cc(Br)cc2nc(Cn3cccn3)oc12. The van der Waals surface area contributed by atoms with Gasteiger partial charge in [-0.05, 0) is 18.2 Å². The van der Waals surface area contributed by atoms with E-state index < -0.39 is 0 Å². The lowest BCUT2D eigenvalue weighted by Gasteiger charge is -1.95. The first-order chi connectivity index (χ1) is 8.22. The van der Waals surface area contributed by atoms with E-state index in [1.807, 2.05) is 18.3 Å². The second-order valence-electron chi connectivity index (χ2n) is 3.65. The molecule has 3 rings (SSSR count). The summed E-state index contributed by atoms with van der Waals surface area (Å²) in [5, 5.41) is 4.10. The molecule has 0 unspecified atom stereocenters. The molecule has 86 valence electrons. The van der Waals surface area contributed by atoms with Crippen LogP contribution in [-0.2, 0) is 6.54 Å². The van der Waals surface area contributed by atoms with Crippen LogP contribution in [0.2, 0.25) is 0 Å². The fraction of sp³-hybridized carbons (Fsp3) is 0.0909. The Morgan fingerprint density at radius 2 is 2.29 bits per heavy atom. The Labute approximate surface area is 105 Å². The summed E-state index contributed by atoms with van der Waals surface area (Å²) in [6.07, 6.45) is 3.57. The Bertz CT molecular complexity index is 659. The Morgan fingerprint density at radius 1 is 1.41 bits per heavy atom. The number of hydrogen-bond donors (Lipinski definition) is 1. The summed E-state index contributed by atoms with van der Waals surface area (Å²) in [5.41, 5.74) is 7.80. The lowest BCUT2D eigenvalue weighted by Crippen LogP contribution is -1.99. The highest BCUT2D eigenvalue weighted by molar-refractivity contribution is 9.10. The van der Waals surface area contributed by atoms with E-state index in [-0.39, 0.29) is 0 Å². The fourth-order valence-corrected chi connectivity index (χ4v) is 2.13. The first kappa shape index (κ1) is 10.3. The van der Waals surface area contributed by atoms with E-state index in [2.05, 4.69) is 26.0 Å². The van der Waals surface area contributed by atoms with Gasteiger partial charge in [-0.15, -0.1) is 0 Å². The van der Waals surface area contributed by atoms with E-state index in [9.17, 15) is 0 Å². The molecule has 0 saturated carbocycles. The zero-order chi connectivity index (χ0) is 11.8. The summed E-state index contributed by atoms with van der Waals surface area (Å²) >= 11 is 3.37. The molecule has 0 radical (unpaired) electrons. The van der Waals surface area contributed by atoms with Crippen molar-refractivity contribution in [2.24, 2.45) is 0 Å². The zero-order valence-corrected chi connectivity index (χ0v) is 10.4. The molecule has 6 heteroatoms. The van der Waals surface area contributed by atoms with Gasteiger partial charge in [-0.1, -0.05) is 15.9 Å². The van der Waals surface area contributed by atoms with Crippen molar-refractivity contribution in [2.45, 2.75) is 6.54 Å². The first-order valence-electron chi connectivity index (χ1n) is 5.04. The van der Waals surface area contributed by atoms with Crippen molar-refractivity contribution in [1.29, 1.82) is 0 Å². The molecule has 1 aromatic carbocycles. The van der Waals surface area contributed by atoms with Crippen LogP contribution < -0.4 is 5.73 Å². The lowest BCUT2D eigenvalue weighted by atomic mass is 10.3. The van der Waals surface area contributed by atoms with E-state index in [0.717, 1.165) is 9.99 Å². The number of anilines is 1. The molecule has 0 fully saturated rings. The van der Waals surface area contributed by atoms with E-state index in [1.165, 1.54) is 0 Å². The smallest absolute Gasteiger partial charge is 0.217 e.